The summed E-state index contributed by atoms with van der Waals surface area (Å²) in [6, 6.07) is 15.6. The fraction of sp³-hybridized carbons (Fsp3) is 0.167. The molecule has 0 unspecified atom stereocenters. The largest absolute Gasteiger partial charge is 0.489 e. The van der Waals surface area contributed by atoms with Crippen molar-refractivity contribution in [2.45, 2.75) is 25.1 Å². The molecule has 0 saturated heterocycles. The summed E-state index contributed by atoms with van der Waals surface area (Å²) in [7, 11) is 0. The number of hydrogen-bond acceptors (Lipinski definition) is 5. The molecule has 0 radical (unpaired) electrons. The van der Waals surface area contributed by atoms with Gasteiger partial charge in [0.15, 0.2) is 5.13 Å². The third-order valence-electron chi connectivity index (χ3n) is 5.30. The van der Waals surface area contributed by atoms with Gasteiger partial charge in [-0.3, -0.25) is 4.98 Å². The zero-order valence-corrected chi connectivity index (χ0v) is 17.6. The molecule has 5 rings (SSSR count). The first kappa shape index (κ1) is 20.5. The smallest absolute Gasteiger partial charge is 0.420 e. The predicted molar refractivity (Wildman–Crippen MR) is 118 cm³/mol. The van der Waals surface area contributed by atoms with Crippen LogP contribution in [0.15, 0.2) is 72.4 Å². The molecule has 1 aliphatic rings. The number of nitrogens with zero attached hydrogens (tertiary/aromatic N) is 2. The van der Waals surface area contributed by atoms with E-state index in [2.05, 4.69) is 15.3 Å². The number of pyridine rings is 1. The zero-order valence-electron chi connectivity index (χ0n) is 16.8. The zero-order chi connectivity index (χ0) is 22.1. The number of rotatable bonds is 5. The summed E-state index contributed by atoms with van der Waals surface area (Å²) in [4.78, 5) is 8.51. The first-order chi connectivity index (χ1) is 15.5. The minimum absolute atomic E-state index is 0.156. The molecule has 2 heterocycles. The van der Waals surface area contributed by atoms with Crippen LogP contribution in [0.3, 0.4) is 0 Å². The molecule has 1 aliphatic carbocycles. The van der Waals surface area contributed by atoms with Crippen molar-refractivity contribution in [2.75, 3.05) is 5.32 Å². The lowest BCUT2D eigenvalue weighted by atomic mass is 10.1. The highest BCUT2D eigenvalue weighted by molar-refractivity contribution is 7.14. The van der Waals surface area contributed by atoms with Crippen LogP contribution < -0.4 is 10.1 Å². The highest BCUT2D eigenvalue weighted by Gasteiger charge is 2.36. The second-order valence-corrected chi connectivity index (χ2v) is 8.39. The van der Waals surface area contributed by atoms with E-state index in [9.17, 15) is 13.2 Å². The number of aromatic nitrogens is 2. The standard InChI is InChI=1S/C24H18F3N3OS/c25-24(26,27)20-12-18(29-23-30-21(14-32-23)17-6-3-9-28-13-17)7-8-22(20)31-19-10-15-4-1-2-5-16(15)11-19/h1-9,12-14,19H,10-11H2,(H,29,30). The lowest BCUT2D eigenvalue weighted by Crippen LogP contribution is -2.19. The van der Waals surface area contributed by atoms with E-state index in [0.29, 0.717) is 29.4 Å². The van der Waals surface area contributed by atoms with Crippen LogP contribution in [0.25, 0.3) is 11.3 Å². The molecule has 4 aromatic rings. The van der Waals surface area contributed by atoms with E-state index in [1.54, 1.807) is 24.5 Å². The average molecular weight is 453 g/mol. The number of nitrogens with one attached hydrogen (secondary N) is 1. The Morgan fingerprint density at radius 3 is 2.47 bits per heavy atom. The number of thiazole rings is 1. The van der Waals surface area contributed by atoms with E-state index in [4.69, 9.17) is 4.74 Å². The van der Waals surface area contributed by atoms with E-state index in [1.165, 1.54) is 17.4 Å². The molecule has 4 nitrogen and oxygen atoms in total. The van der Waals surface area contributed by atoms with E-state index in [1.807, 2.05) is 35.7 Å². The molecule has 32 heavy (non-hydrogen) atoms. The van der Waals surface area contributed by atoms with Gasteiger partial charge in [0, 0.05) is 41.9 Å². The van der Waals surface area contributed by atoms with Gasteiger partial charge in [-0.05, 0) is 41.5 Å². The van der Waals surface area contributed by atoms with Crippen molar-refractivity contribution >= 4 is 22.2 Å². The summed E-state index contributed by atoms with van der Waals surface area (Å²) in [5, 5.41) is 5.30. The molecule has 8 heteroatoms. The molecule has 2 aromatic heterocycles. The number of ether oxygens (including phenoxy) is 1. The Hall–Kier alpha value is -3.39. The predicted octanol–water partition coefficient (Wildman–Crippen LogP) is 6.51. The van der Waals surface area contributed by atoms with Crippen molar-refractivity contribution in [2.24, 2.45) is 0 Å². The molecule has 0 aliphatic heterocycles. The second kappa shape index (κ2) is 8.27. The van der Waals surface area contributed by atoms with Gasteiger partial charge in [0.2, 0.25) is 0 Å². The van der Waals surface area contributed by atoms with Crippen molar-refractivity contribution in [1.82, 2.24) is 9.97 Å². The van der Waals surface area contributed by atoms with E-state index in [0.717, 1.165) is 22.8 Å². The Labute approximate surface area is 186 Å². The van der Waals surface area contributed by atoms with Crippen LogP contribution in [0, 0.1) is 0 Å². The average Bonchev–Trinajstić information content (AvgIpc) is 3.41. The minimum atomic E-state index is -4.54. The molecule has 1 N–H and O–H groups in total. The fourth-order valence-corrected chi connectivity index (χ4v) is 4.55. The van der Waals surface area contributed by atoms with E-state index in [-0.39, 0.29) is 11.9 Å². The first-order valence-corrected chi connectivity index (χ1v) is 10.9. The second-order valence-electron chi connectivity index (χ2n) is 7.53. The Morgan fingerprint density at radius 2 is 1.78 bits per heavy atom. The van der Waals surface area contributed by atoms with Crippen molar-refractivity contribution in [3.63, 3.8) is 0 Å². The molecule has 2 aromatic carbocycles. The SMILES string of the molecule is FC(F)(F)c1cc(Nc2nc(-c3cccnc3)cs2)ccc1OC1Cc2ccccc2C1. The Kier molecular flexibility index (Phi) is 5.30. The third-order valence-corrected chi connectivity index (χ3v) is 6.06. The van der Waals surface area contributed by atoms with E-state index < -0.39 is 11.7 Å². The van der Waals surface area contributed by atoms with Crippen LogP contribution >= 0.6 is 11.3 Å². The Bertz CT molecular complexity index is 1220. The van der Waals surface area contributed by atoms with Gasteiger partial charge in [0.05, 0.1) is 11.3 Å². The van der Waals surface area contributed by atoms with Gasteiger partial charge in [-0.1, -0.05) is 24.3 Å². The molecule has 0 amide bonds. The van der Waals surface area contributed by atoms with Gasteiger partial charge < -0.3 is 10.1 Å². The summed E-state index contributed by atoms with van der Waals surface area (Å²) >= 11 is 1.31. The van der Waals surface area contributed by atoms with Crippen molar-refractivity contribution in [3.8, 4) is 17.0 Å². The van der Waals surface area contributed by atoms with Gasteiger partial charge in [0.1, 0.15) is 11.9 Å². The maximum absolute atomic E-state index is 13.8. The summed E-state index contributed by atoms with van der Waals surface area (Å²) < 4.78 is 47.2. The topological polar surface area (TPSA) is 47.0 Å². The normalized spacial score (nSPS) is 13.7. The quantitative estimate of drug-likeness (QED) is 0.374. The number of halogens is 3. The highest BCUT2D eigenvalue weighted by Crippen LogP contribution is 2.40. The molecule has 0 bridgehead atoms. The highest BCUT2D eigenvalue weighted by atomic mass is 32.1. The van der Waals surface area contributed by atoms with Gasteiger partial charge in [-0.25, -0.2) is 4.98 Å². The minimum Gasteiger partial charge on any atom is -0.489 e. The Morgan fingerprint density at radius 1 is 1.00 bits per heavy atom. The Balaban J connectivity index is 1.36. The van der Waals surface area contributed by atoms with Crippen LogP contribution in [0.1, 0.15) is 16.7 Å². The molecule has 0 atom stereocenters. The van der Waals surface area contributed by atoms with Crippen molar-refractivity contribution in [1.29, 1.82) is 0 Å². The summed E-state index contributed by atoms with van der Waals surface area (Å²) in [5.41, 5.74) is 3.29. The van der Waals surface area contributed by atoms with Gasteiger partial charge in [-0.2, -0.15) is 13.2 Å². The molecule has 0 saturated carbocycles. The van der Waals surface area contributed by atoms with Crippen molar-refractivity contribution in [3.05, 3.63) is 89.1 Å². The molecule has 162 valence electrons. The lowest BCUT2D eigenvalue weighted by molar-refractivity contribution is -0.139. The molecule has 0 spiro atoms. The molecular weight excluding hydrogens is 435 g/mol. The summed E-state index contributed by atoms with van der Waals surface area (Å²) in [5.74, 6) is -0.156. The van der Waals surface area contributed by atoms with Crippen LogP contribution in [0.2, 0.25) is 0 Å². The fourth-order valence-electron chi connectivity index (χ4n) is 3.81. The van der Waals surface area contributed by atoms with Crippen LogP contribution in [-0.2, 0) is 19.0 Å². The molecule has 0 fully saturated rings. The number of alkyl halides is 3. The van der Waals surface area contributed by atoms with Gasteiger partial charge in [-0.15, -0.1) is 11.3 Å². The number of benzene rings is 2. The number of anilines is 2. The monoisotopic (exact) mass is 453 g/mol. The third kappa shape index (κ3) is 4.31. The summed E-state index contributed by atoms with van der Waals surface area (Å²) in [6.07, 6.45) is -0.293. The maximum Gasteiger partial charge on any atom is 0.420 e. The maximum atomic E-state index is 13.8. The van der Waals surface area contributed by atoms with Crippen molar-refractivity contribution < 1.29 is 17.9 Å². The molecular formula is C24H18F3N3OS. The van der Waals surface area contributed by atoms with E-state index >= 15 is 0 Å². The number of fused-ring (bicyclic) bond motifs is 1. The summed E-state index contributed by atoms with van der Waals surface area (Å²) in [6.45, 7) is 0. The van der Waals surface area contributed by atoms with Gasteiger partial charge in [0.25, 0.3) is 0 Å². The van der Waals surface area contributed by atoms with Gasteiger partial charge >= 0.3 is 6.18 Å². The lowest BCUT2D eigenvalue weighted by Gasteiger charge is -2.19. The van der Waals surface area contributed by atoms with Crippen LogP contribution in [-0.4, -0.2) is 16.1 Å². The van der Waals surface area contributed by atoms with Crippen LogP contribution in [0.4, 0.5) is 24.0 Å². The number of hydrogen-bond donors (Lipinski definition) is 1. The first-order valence-electron chi connectivity index (χ1n) is 10.0. The van der Waals surface area contributed by atoms with Crippen LogP contribution in [0.5, 0.6) is 5.75 Å².